The first-order chi connectivity index (χ1) is 13.6. The summed E-state index contributed by atoms with van der Waals surface area (Å²) in [4.78, 5) is 17.3. The summed E-state index contributed by atoms with van der Waals surface area (Å²) in [5.41, 5.74) is 3.48. The molecule has 7 heteroatoms. The standard InChI is InChI=1S/C21H22N6O/c1-22-18-17(25-26-27(18)2)16-9-8-15(10-23-16)24-19(28)21-11-20(12-21,13-21)14-6-4-3-5-7-14/h3-10,22H,11-13H2,1-2H3,(H,24,28). The molecule has 3 aliphatic rings. The topological polar surface area (TPSA) is 84.7 Å². The Bertz CT molecular complexity index is 1020. The average Bonchev–Trinajstić information content (AvgIpc) is 3.01. The minimum Gasteiger partial charge on any atom is -0.371 e. The lowest BCUT2D eigenvalue weighted by Gasteiger charge is -2.69. The summed E-state index contributed by atoms with van der Waals surface area (Å²) in [6.45, 7) is 0. The van der Waals surface area contributed by atoms with E-state index in [2.05, 4.69) is 50.2 Å². The molecule has 142 valence electrons. The maximum absolute atomic E-state index is 12.8. The summed E-state index contributed by atoms with van der Waals surface area (Å²) in [5, 5.41) is 14.3. The van der Waals surface area contributed by atoms with Crippen molar-refractivity contribution < 1.29 is 4.79 Å². The van der Waals surface area contributed by atoms with E-state index in [4.69, 9.17) is 0 Å². The van der Waals surface area contributed by atoms with Crippen molar-refractivity contribution in [3.8, 4) is 11.4 Å². The first kappa shape index (κ1) is 16.9. The van der Waals surface area contributed by atoms with Crippen molar-refractivity contribution in [1.82, 2.24) is 20.0 Å². The maximum Gasteiger partial charge on any atom is 0.230 e. The Kier molecular flexibility index (Phi) is 3.56. The van der Waals surface area contributed by atoms with Crippen LogP contribution in [0.5, 0.6) is 0 Å². The number of benzene rings is 1. The fourth-order valence-electron chi connectivity index (χ4n) is 4.81. The maximum atomic E-state index is 12.8. The Labute approximate surface area is 163 Å². The van der Waals surface area contributed by atoms with E-state index in [0.29, 0.717) is 17.1 Å². The number of rotatable bonds is 5. The zero-order valence-electron chi connectivity index (χ0n) is 15.9. The van der Waals surface area contributed by atoms with Crippen molar-refractivity contribution in [3.05, 3.63) is 54.2 Å². The Morgan fingerprint density at radius 2 is 1.86 bits per heavy atom. The van der Waals surface area contributed by atoms with Gasteiger partial charge in [-0.3, -0.25) is 9.78 Å². The summed E-state index contributed by atoms with van der Waals surface area (Å²) >= 11 is 0. The largest absolute Gasteiger partial charge is 0.371 e. The molecule has 2 bridgehead atoms. The van der Waals surface area contributed by atoms with E-state index < -0.39 is 0 Å². The van der Waals surface area contributed by atoms with E-state index in [-0.39, 0.29) is 16.7 Å². The summed E-state index contributed by atoms with van der Waals surface area (Å²) < 4.78 is 1.66. The molecule has 2 aromatic heterocycles. The monoisotopic (exact) mass is 374 g/mol. The number of anilines is 2. The first-order valence-corrected chi connectivity index (χ1v) is 9.46. The number of hydrogen-bond acceptors (Lipinski definition) is 5. The Morgan fingerprint density at radius 3 is 2.50 bits per heavy atom. The van der Waals surface area contributed by atoms with Crippen LogP contribution in [0.1, 0.15) is 24.8 Å². The van der Waals surface area contributed by atoms with Gasteiger partial charge in [0.25, 0.3) is 0 Å². The van der Waals surface area contributed by atoms with Gasteiger partial charge in [-0.15, -0.1) is 5.10 Å². The Balaban J connectivity index is 1.26. The molecule has 3 aliphatic carbocycles. The molecule has 28 heavy (non-hydrogen) atoms. The lowest BCUT2D eigenvalue weighted by molar-refractivity contribution is -0.170. The van der Waals surface area contributed by atoms with E-state index in [9.17, 15) is 4.79 Å². The summed E-state index contributed by atoms with van der Waals surface area (Å²) in [7, 11) is 3.64. The molecule has 7 nitrogen and oxygen atoms in total. The molecule has 3 fully saturated rings. The second-order valence-electron chi connectivity index (χ2n) is 8.00. The second kappa shape index (κ2) is 5.89. The van der Waals surface area contributed by atoms with Crippen LogP contribution in [0, 0.1) is 5.41 Å². The molecule has 1 amide bonds. The molecule has 0 saturated heterocycles. The summed E-state index contributed by atoms with van der Waals surface area (Å²) in [6, 6.07) is 14.3. The fraction of sp³-hybridized carbons (Fsp3) is 0.333. The van der Waals surface area contributed by atoms with Gasteiger partial charge in [0.15, 0.2) is 11.5 Å². The fourth-order valence-corrected chi connectivity index (χ4v) is 4.81. The third-order valence-electron chi connectivity index (χ3n) is 6.23. The van der Waals surface area contributed by atoms with Gasteiger partial charge in [0.05, 0.1) is 23.0 Å². The Morgan fingerprint density at radius 1 is 1.11 bits per heavy atom. The molecular formula is C21H22N6O. The van der Waals surface area contributed by atoms with Gasteiger partial charge >= 0.3 is 0 Å². The lowest BCUT2D eigenvalue weighted by Crippen LogP contribution is -2.69. The van der Waals surface area contributed by atoms with Crippen molar-refractivity contribution in [2.75, 3.05) is 17.7 Å². The molecule has 0 atom stereocenters. The molecule has 3 aromatic rings. The van der Waals surface area contributed by atoms with Crippen molar-refractivity contribution >= 4 is 17.4 Å². The Hall–Kier alpha value is -3.22. The quantitative estimate of drug-likeness (QED) is 0.717. The van der Waals surface area contributed by atoms with Crippen molar-refractivity contribution in [2.45, 2.75) is 24.7 Å². The van der Waals surface area contributed by atoms with Gasteiger partial charge in [-0.05, 0) is 42.4 Å². The highest BCUT2D eigenvalue weighted by Gasteiger charge is 2.71. The van der Waals surface area contributed by atoms with Crippen LogP contribution in [-0.4, -0.2) is 32.9 Å². The highest BCUT2D eigenvalue weighted by molar-refractivity contribution is 5.98. The minimum absolute atomic E-state index is 0.107. The zero-order valence-corrected chi connectivity index (χ0v) is 15.9. The van der Waals surface area contributed by atoms with Crippen LogP contribution >= 0.6 is 0 Å². The van der Waals surface area contributed by atoms with Gasteiger partial charge in [-0.2, -0.15) is 0 Å². The first-order valence-electron chi connectivity index (χ1n) is 9.46. The van der Waals surface area contributed by atoms with E-state index in [1.807, 2.05) is 32.3 Å². The number of amides is 1. The van der Waals surface area contributed by atoms with Gasteiger partial charge in [0.1, 0.15) is 0 Å². The molecule has 0 unspecified atom stereocenters. The summed E-state index contributed by atoms with van der Waals surface area (Å²) in [5.74, 6) is 0.902. The molecule has 1 aromatic carbocycles. The molecule has 2 N–H and O–H groups in total. The van der Waals surface area contributed by atoms with Crippen molar-refractivity contribution in [1.29, 1.82) is 0 Å². The van der Waals surface area contributed by atoms with Crippen LogP contribution in [0.3, 0.4) is 0 Å². The second-order valence-corrected chi connectivity index (χ2v) is 8.00. The van der Waals surface area contributed by atoms with Crippen LogP contribution < -0.4 is 10.6 Å². The zero-order chi connectivity index (χ0) is 19.4. The number of aryl methyl sites for hydroxylation is 1. The number of nitrogens with one attached hydrogen (secondary N) is 2. The van der Waals surface area contributed by atoms with Crippen LogP contribution in [0.2, 0.25) is 0 Å². The molecule has 0 spiro atoms. The van der Waals surface area contributed by atoms with Crippen LogP contribution in [0.4, 0.5) is 11.5 Å². The highest BCUT2D eigenvalue weighted by atomic mass is 16.2. The van der Waals surface area contributed by atoms with Crippen molar-refractivity contribution in [3.63, 3.8) is 0 Å². The normalized spacial score (nSPS) is 24.8. The summed E-state index contributed by atoms with van der Waals surface area (Å²) in [6.07, 6.45) is 4.49. The third-order valence-corrected chi connectivity index (χ3v) is 6.23. The molecule has 3 saturated carbocycles. The smallest absolute Gasteiger partial charge is 0.230 e. The van der Waals surface area contributed by atoms with E-state index in [1.54, 1.807) is 10.9 Å². The van der Waals surface area contributed by atoms with Gasteiger partial charge in [0.2, 0.25) is 5.91 Å². The lowest BCUT2D eigenvalue weighted by atomic mass is 9.33. The highest BCUT2D eigenvalue weighted by Crippen LogP contribution is 2.73. The molecular weight excluding hydrogens is 352 g/mol. The average molecular weight is 374 g/mol. The van der Waals surface area contributed by atoms with Crippen LogP contribution in [0.15, 0.2) is 48.7 Å². The van der Waals surface area contributed by atoms with Gasteiger partial charge in [0, 0.05) is 14.1 Å². The van der Waals surface area contributed by atoms with E-state index >= 15 is 0 Å². The third kappa shape index (κ3) is 2.35. The molecule has 0 aliphatic heterocycles. The SMILES string of the molecule is CNc1c(-c2ccc(NC(=O)C34CC(c5ccccc5)(C3)C4)cn2)nnn1C. The number of pyridine rings is 1. The van der Waals surface area contributed by atoms with Gasteiger partial charge in [-0.1, -0.05) is 35.5 Å². The van der Waals surface area contributed by atoms with Crippen LogP contribution in [-0.2, 0) is 17.3 Å². The number of carbonyl (C=O) groups excluding carboxylic acids is 1. The molecule has 0 radical (unpaired) electrons. The van der Waals surface area contributed by atoms with E-state index in [1.165, 1.54) is 5.56 Å². The molecule has 6 rings (SSSR count). The van der Waals surface area contributed by atoms with Crippen molar-refractivity contribution in [2.24, 2.45) is 12.5 Å². The number of aromatic nitrogens is 4. The number of carbonyl (C=O) groups is 1. The van der Waals surface area contributed by atoms with Crippen LogP contribution in [0.25, 0.3) is 11.4 Å². The number of nitrogens with zero attached hydrogens (tertiary/aromatic N) is 4. The predicted octanol–water partition coefficient (Wildman–Crippen LogP) is 2.98. The van der Waals surface area contributed by atoms with E-state index in [0.717, 1.165) is 25.1 Å². The minimum atomic E-state index is -0.210. The molecule has 2 heterocycles. The van der Waals surface area contributed by atoms with Gasteiger partial charge in [-0.25, -0.2) is 4.68 Å². The van der Waals surface area contributed by atoms with Gasteiger partial charge < -0.3 is 10.6 Å². The number of hydrogen-bond donors (Lipinski definition) is 2. The predicted molar refractivity (Wildman–Crippen MR) is 107 cm³/mol.